The van der Waals surface area contributed by atoms with Gasteiger partial charge in [0.25, 0.3) is 0 Å². The van der Waals surface area contributed by atoms with E-state index < -0.39 is 0 Å². The molecule has 0 amide bonds. The number of para-hydroxylation sites is 2. The van der Waals surface area contributed by atoms with Crippen molar-refractivity contribution in [2.24, 2.45) is 0 Å². The highest BCUT2D eigenvalue weighted by atomic mass is 32.2. The highest BCUT2D eigenvalue weighted by Crippen LogP contribution is 2.33. The van der Waals surface area contributed by atoms with Gasteiger partial charge in [0, 0.05) is 17.1 Å². The Morgan fingerprint density at radius 2 is 1.67 bits per heavy atom. The summed E-state index contributed by atoms with van der Waals surface area (Å²) in [6.07, 6.45) is 0. The maximum Gasteiger partial charge on any atom is 0.202 e. The average Bonchev–Trinajstić information content (AvgIpc) is 3.24. The summed E-state index contributed by atoms with van der Waals surface area (Å²) in [5.74, 6) is 0.842. The van der Waals surface area contributed by atoms with Crippen LogP contribution in [0.25, 0.3) is 22.2 Å². The third kappa shape index (κ3) is 2.67. The molecule has 0 saturated carbocycles. The summed E-state index contributed by atoms with van der Waals surface area (Å²) in [7, 11) is 0. The predicted octanol–water partition coefficient (Wildman–Crippen LogP) is 4.23. The zero-order chi connectivity index (χ0) is 18.4. The minimum absolute atomic E-state index is 0.789. The minimum Gasteiger partial charge on any atom is -0.274 e. The van der Waals surface area contributed by atoms with Crippen molar-refractivity contribution in [1.29, 1.82) is 0 Å². The van der Waals surface area contributed by atoms with Crippen LogP contribution in [0.2, 0.25) is 0 Å². The summed E-state index contributed by atoms with van der Waals surface area (Å²) in [4.78, 5) is 4.85. The molecule has 0 saturated heterocycles. The molecular formula is C20H16N6S. The summed E-state index contributed by atoms with van der Waals surface area (Å²) >= 11 is 1.52. The second-order valence-electron chi connectivity index (χ2n) is 6.29. The number of benzene rings is 2. The van der Waals surface area contributed by atoms with Gasteiger partial charge in [-0.3, -0.25) is 4.57 Å². The molecule has 5 aromatic rings. The Balaban J connectivity index is 1.70. The van der Waals surface area contributed by atoms with Crippen LogP contribution in [-0.2, 0) is 0 Å². The summed E-state index contributed by atoms with van der Waals surface area (Å²) < 4.78 is 3.94. The predicted molar refractivity (Wildman–Crippen MR) is 105 cm³/mol. The van der Waals surface area contributed by atoms with Gasteiger partial charge in [-0.2, -0.15) is 5.10 Å². The van der Waals surface area contributed by atoms with Gasteiger partial charge < -0.3 is 0 Å². The van der Waals surface area contributed by atoms with E-state index in [0.717, 1.165) is 43.9 Å². The van der Waals surface area contributed by atoms with Gasteiger partial charge in [-0.15, -0.1) is 10.2 Å². The molecule has 0 aliphatic carbocycles. The summed E-state index contributed by atoms with van der Waals surface area (Å²) in [6.45, 7) is 3.94. The molecule has 0 aliphatic rings. The summed E-state index contributed by atoms with van der Waals surface area (Å²) in [6, 6.07) is 20.3. The van der Waals surface area contributed by atoms with Crippen molar-refractivity contribution >= 4 is 28.3 Å². The van der Waals surface area contributed by atoms with Crippen LogP contribution in [-0.4, -0.2) is 29.4 Å². The first-order valence-corrected chi connectivity index (χ1v) is 9.43. The smallest absolute Gasteiger partial charge is 0.202 e. The third-order valence-corrected chi connectivity index (χ3v) is 5.34. The molecule has 5 rings (SSSR count). The number of hydrogen-bond acceptors (Lipinski definition) is 5. The van der Waals surface area contributed by atoms with E-state index in [9.17, 15) is 0 Å². The first-order chi connectivity index (χ1) is 13.2. The monoisotopic (exact) mass is 372 g/mol. The minimum atomic E-state index is 0.789. The van der Waals surface area contributed by atoms with Crippen LogP contribution in [0.5, 0.6) is 0 Å². The van der Waals surface area contributed by atoms with Gasteiger partial charge >= 0.3 is 0 Å². The Kier molecular flexibility index (Phi) is 3.68. The fourth-order valence-corrected chi connectivity index (χ4v) is 4.20. The van der Waals surface area contributed by atoms with Crippen molar-refractivity contribution in [2.45, 2.75) is 24.0 Å². The molecule has 0 bridgehead atoms. The summed E-state index contributed by atoms with van der Waals surface area (Å²) in [5, 5.41) is 16.0. The zero-order valence-electron chi connectivity index (χ0n) is 14.9. The van der Waals surface area contributed by atoms with Gasteiger partial charge in [0.15, 0.2) is 5.65 Å². The number of hydrogen-bond donors (Lipinski definition) is 0. The summed E-state index contributed by atoms with van der Waals surface area (Å²) in [5.41, 5.74) is 3.84. The average molecular weight is 372 g/mol. The normalized spacial score (nSPS) is 11.5. The van der Waals surface area contributed by atoms with Crippen LogP contribution in [0.15, 0.2) is 70.8 Å². The van der Waals surface area contributed by atoms with E-state index in [2.05, 4.69) is 39.6 Å². The van der Waals surface area contributed by atoms with Crippen molar-refractivity contribution in [3.05, 3.63) is 72.2 Å². The number of fused-ring (bicyclic) bond motifs is 3. The van der Waals surface area contributed by atoms with Gasteiger partial charge in [0.2, 0.25) is 5.16 Å². The van der Waals surface area contributed by atoms with Gasteiger partial charge in [0.05, 0.1) is 11.2 Å². The maximum absolute atomic E-state index is 4.85. The fraction of sp³-hybridized carbons (Fsp3) is 0.100. The number of nitrogens with zero attached hydrogens (tertiary/aromatic N) is 6. The van der Waals surface area contributed by atoms with Crippen molar-refractivity contribution < 1.29 is 0 Å². The maximum atomic E-state index is 4.85. The fourth-order valence-electron chi connectivity index (χ4n) is 3.19. The van der Waals surface area contributed by atoms with Crippen molar-refractivity contribution in [1.82, 2.24) is 29.4 Å². The molecule has 6 nitrogen and oxygen atoms in total. The lowest BCUT2D eigenvalue weighted by atomic mass is 10.2. The second kappa shape index (κ2) is 6.21. The molecule has 132 valence electrons. The van der Waals surface area contributed by atoms with E-state index in [1.807, 2.05) is 59.3 Å². The molecule has 27 heavy (non-hydrogen) atoms. The lowest BCUT2D eigenvalue weighted by Crippen LogP contribution is -2.00. The number of aromatic nitrogens is 6. The highest BCUT2D eigenvalue weighted by Gasteiger charge is 2.16. The van der Waals surface area contributed by atoms with Crippen molar-refractivity contribution in [3.63, 3.8) is 0 Å². The zero-order valence-corrected chi connectivity index (χ0v) is 15.7. The first-order valence-electron chi connectivity index (χ1n) is 8.61. The Morgan fingerprint density at radius 3 is 2.52 bits per heavy atom. The van der Waals surface area contributed by atoms with E-state index in [0.29, 0.717) is 0 Å². The highest BCUT2D eigenvalue weighted by molar-refractivity contribution is 7.99. The van der Waals surface area contributed by atoms with Crippen LogP contribution in [0, 0.1) is 13.8 Å². The lowest BCUT2D eigenvalue weighted by molar-refractivity contribution is 0.866. The first kappa shape index (κ1) is 16.0. The molecule has 0 N–H and O–H groups in total. The quantitative estimate of drug-likeness (QED) is 0.444. The van der Waals surface area contributed by atoms with Gasteiger partial charge in [-0.1, -0.05) is 36.4 Å². The van der Waals surface area contributed by atoms with E-state index in [-0.39, 0.29) is 0 Å². The molecule has 0 aliphatic heterocycles. The molecule has 0 radical (unpaired) electrons. The van der Waals surface area contributed by atoms with Gasteiger partial charge in [0.1, 0.15) is 10.9 Å². The molecule has 2 aromatic carbocycles. The van der Waals surface area contributed by atoms with Crippen LogP contribution >= 0.6 is 11.8 Å². The molecule has 3 aromatic heterocycles. The van der Waals surface area contributed by atoms with Crippen LogP contribution in [0.1, 0.15) is 11.5 Å². The van der Waals surface area contributed by atoms with E-state index in [4.69, 9.17) is 4.98 Å². The molecule has 0 fully saturated rings. The lowest BCUT2D eigenvalue weighted by Gasteiger charge is -2.10. The Hall–Kier alpha value is -3.19. The van der Waals surface area contributed by atoms with Crippen molar-refractivity contribution in [3.8, 4) is 5.69 Å². The van der Waals surface area contributed by atoms with Crippen molar-refractivity contribution in [2.75, 3.05) is 0 Å². The topological polar surface area (TPSA) is 60.9 Å². The standard InChI is InChI=1S/C20H16N6S/c1-13-12-18-21-19(16-10-6-7-11-17(16)26(18)24-13)27-20-23-22-14(2)25(20)15-8-4-3-5-9-15/h3-12H,1-2H3. The number of rotatable bonds is 3. The molecule has 0 atom stereocenters. The SMILES string of the molecule is Cc1cc2nc(Sc3nnc(C)n3-c3ccccc3)c3ccccc3n2n1. The third-order valence-electron chi connectivity index (χ3n) is 4.39. The van der Waals surface area contributed by atoms with E-state index in [1.54, 1.807) is 0 Å². The van der Waals surface area contributed by atoms with Gasteiger partial charge in [-0.05, 0) is 43.8 Å². The molecule has 3 heterocycles. The van der Waals surface area contributed by atoms with Crippen LogP contribution in [0.3, 0.4) is 0 Å². The van der Waals surface area contributed by atoms with E-state index in [1.165, 1.54) is 11.8 Å². The Bertz CT molecular complexity index is 1270. The second-order valence-corrected chi connectivity index (χ2v) is 7.25. The van der Waals surface area contributed by atoms with Crippen LogP contribution in [0.4, 0.5) is 0 Å². The molecule has 7 heteroatoms. The van der Waals surface area contributed by atoms with E-state index >= 15 is 0 Å². The molecule has 0 unspecified atom stereocenters. The number of aryl methyl sites for hydroxylation is 2. The Labute approximate surface area is 159 Å². The largest absolute Gasteiger partial charge is 0.274 e. The molecule has 0 spiro atoms. The molecular weight excluding hydrogens is 356 g/mol. The van der Waals surface area contributed by atoms with Crippen LogP contribution < -0.4 is 0 Å². The van der Waals surface area contributed by atoms with Gasteiger partial charge in [-0.25, -0.2) is 9.50 Å². The Morgan fingerprint density at radius 1 is 0.889 bits per heavy atom.